The van der Waals surface area contributed by atoms with Crippen molar-refractivity contribution >= 4 is 17.0 Å². The number of nitrogens with two attached hydrogens (primary N) is 1. The number of benzene rings is 1. The van der Waals surface area contributed by atoms with Crippen molar-refractivity contribution in [2.24, 2.45) is 17.6 Å². The molecule has 1 aliphatic carbocycles. The van der Waals surface area contributed by atoms with Gasteiger partial charge in [0.2, 0.25) is 5.89 Å². The van der Waals surface area contributed by atoms with E-state index in [2.05, 4.69) is 10.3 Å². The van der Waals surface area contributed by atoms with Crippen molar-refractivity contribution in [3.8, 4) is 0 Å². The van der Waals surface area contributed by atoms with Gasteiger partial charge < -0.3 is 15.5 Å². The molecule has 0 spiro atoms. The van der Waals surface area contributed by atoms with E-state index in [0.717, 1.165) is 12.5 Å². The highest BCUT2D eigenvalue weighted by atomic mass is 16.3. The maximum absolute atomic E-state index is 11.5. The molecule has 5 nitrogen and oxygen atoms in total. The van der Waals surface area contributed by atoms with Crippen molar-refractivity contribution < 1.29 is 9.21 Å². The number of nitrogens with zero attached hydrogens (tertiary/aromatic N) is 1. The molecule has 3 unspecified atom stereocenters. The van der Waals surface area contributed by atoms with Crippen molar-refractivity contribution in [3.05, 3.63) is 29.7 Å². The smallest absolute Gasteiger partial charge is 0.251 e. The molecule has 3 N–H and O–H groups in total. The summed E-state index contributed by atoms with van der Waals surface area (Å²) in [5.74, 6) is 1.59. The molecule has 104 valence electrons. The topological polar surface area (TPSA) is 81.2 Å². The predicted molar refractivity (Wildman–Crippen MR) is 74.1 cm³/mol. The standard InChI is InChI=1S/C15H17N3O2/c16-14(19)10-5-2-6-11-12(10)18-15(20-11)13-9-4-1-3-8(9)7-17-13/h2,5-6,8-9,13,17H,1,3-4,7H2,(H2,16,19). The Kier molecular flexibility index (Phi) is 2.57. The minimum atomic E-state index is -0.464. The van der Waals surface area contributed by atoms with Crippen LogP contribution >= 0.6 is 0 Å². The van der Waals surface area contributed by atoms with E-state index in [4.69, 9.17) is 10.2 Å². The Hall–Kier alpha value is -1.88. The van der Waals surface area contributed by atoms with E-state index in [1.807, 2.05) is 6.07 Å². The summed E-state index contributed by atoms with van der Waals surface area (Å²) < 4.78 is 5.87. The van der Waals surface area contributed by atoms with Crippen LogP contribution in [0.15, 0.2) is 22.6 Å². The first kappa shape index (κ1) is 11.9. The fourth-order valence-electron chi connectivity index (χ4n) is 3.76. The van der Waals surface area contributed by atoms with E-state index >= 15 is 0 Å². The molecule has 3 atom stereocenters. The molecule has 2 aromatic rings. The molecule has 2 aliphatic rings. The van der Waals surface area contributed by atoms with E-state index in [1.54, 1.807) is 12.1 Å². The van der Waals surface area contributed by atoms with Crippen molar-refractivity contribution in [1.82, 2.24) is 10.3 Å². The minimum absolute atomic E-state index is 0.177. The SMILES string of the molecule is NC(=O)c1cccc2oc(C3NCC4CCCC43)nc12. The quantitative estimate of drug-likeness (QED) is 0.875. The van der Waals surface area contributed by atoms with Crippen LogP contribution in [-0.4, -0.2) is 17.4 Å². The highest BCUT2D eigenvalue weighted by molar-refractivity contribution is 6.03. The molecule has 1 saturated heterocycles. The van der Waals surface area contributed by atoms with Gasteiger partial charge in [0, 0.05) is 0 Å². The van der Waals surface area contributed by atoms with Gasteiger partial charge in [0.05, 0.1) is 11.6 Å². The third-order valence-electron chi connectivity index (χ3n) is 4.71. The minimum Gasteiger partial charge on any atom is -0.439 e. The van der Waals surface area contributed by atoms with Crippen LogP contribution in [0, 0.1) is 11.8 Å². The number of primary amides is 1. The van der Waals surface area contributed by atoms with Gasteiger partial charge in [-0.3, -0.25) is 4.79 Å². The molecule has 0 bridgehead atoms. The Morgan fingerprint density at radius 2 is 2.30 bits per heavy atom. The summed E-state index contributed by atoms with van der Waals surface area (Å²) in [5.41, 5.74) is 7.04. The molecule has 1 aliphatic heterocycles. The van der Waals surface area contributed by atoms with E-state index in [0.29, 0.717) is 28.5 Å². The lowest BCUT2D eigenvalue weighted by Crippen LogP contribution is -2.18. The highest BCUT2D eigenvalue weighted by Crippen LogP contribution is 2.44. The van der Waals surface area contributed by atoms with E-state index < -0.39 is 5.91 Å². The van der Waals surface area contributed by atoms with Crippen molar-refractivity contribution in [2.75, 3.05) is 6.54 Å². The molecule has 0 radical (unpaired) electrons. The van der Waals surface area contributed by atoms with Gasteiger partial charge >= 0.3 is 0 Å². The summed E-state index contributed by atoms with van der Waals surface area (Å²) in [6, 6.07) is 5.48. The van der Waals surface area contributed by atoms with Crippen molar-refractivity contribution in [1.29, 1.82) is 0 Å². The van der Waals surface area contributed by atoms with E-state index in [9.17, 15) is 4.79 Å². The first-order valence-electron chi connectivity index (χ1n) is 7.16. The number of aromatic nitrogens is 1. The summed E-state index contributed by atoms with van der Waals surface area (Å²) in [7, 11) is 0. The number of rotatable bonds is 2. The summed E-state index contributed by atoms with van der Waals surface area (Å²) in [6.45, 7) is 1.04. The Morgan fingerprint density at radius 1 is 1.40 bits per heavy atom. The number of nitrogens with one attached hydrogen (secondary N) is 1. The zero-order valence-corrected chi connectivity index (χ0v) is 11.1. The van der Waals surface area contributed by atoms with Crippen LogP contribution in [0.1, 0.15) is 41.6 Å². The number of fused-ring (bicyclic) bond motifs is 2. The Labute approximate surface area is 116 Å². The zero-order valence-electron chi connectivity index (χ0n) is 11.1. The molecular weight excluding hydrogens is 254 g/mol. The van der Waals surface area contributed by atoms with Gasteiger partial charge in [0.15, 0.2) is 5.58 Å². The zero-order chi connectivity index (χ0) is 13.7. The molecule has 1 aromatic heterocycles. The van der Waals surface area contributed by atoms with Gasteiger partial charge in [0.25, 0.3) is 5.91 Å². The van der Waals surface area contributed by atoms with Crippen LogP contribution < -0.4 is 11.1 Å². The van der Waals surface area contributed by atoms with Crippen molar-refractivity contribution in [3.63, 3.8) is 0 Å². The van der Waals surface area contributed by atoms with Crippen LogP contribution in [0.25, 0.3) is 11.1 Å². The van der Waals surface area contributed by atoms with Gasteiger partial charge in [-0.15, -0.1) is 0 Å². The average Bonchev–Trinajstić information content (AvgIpc) is 3.11. The Bertz CT molecular complexity index is 679. The van der Waals surface area contributed by atoms with Gasteiger partial charge in [-0.05, 0) is 43.4 Å². The molecule has 5 heteroatoms. The fraction of sp³-hybridized carbons (Fsp3) is 0.467. The fourth-order valence-corrected chi connectivity index (χ4v) is 3.76. The van der Waals surface area contributed by atoms with Gasteiger partial charge in [-0.25, -0.2) is 4.98 Å². The second-order valence-corrected chi connectivity index (χ2v) is 5.81. The summed E-state index contributed by atoms with van der Waals surface area (Å²) in [5, 5.41) is 3.51. The molecule has 1 aromatic carbocycles. The number of amides is 1. The third-order valence-corrected chi connectivity index (χ3v) is 4.71. The molecular formula is C15H17N3O2. The van der Waals surface area contributed by atoms with Crippen LogP contribution in [0.3, 0.4) is 0 Å². The molecule has 2 fully saturated rings. The number of para-hydroxylation sites is 1. The summed E-state index contributed by atoms with van der Waals surface area (Å²) in [4.78, 5) is 16.0. The first-order valence-corrected chi connectivity index (χ1v) is 7.16. The number of carbonyl (C=O) groups is 1. The van der Waals surface area contributed by atoms with Gasteiger partial charge in [-0.2, -0.15) is 0 Å². The normalized spacial score (nSPS) is 28.9. The number of carbonyl (C=O) groups excluding carboxylic acids is 1. The number of hydrogen-bond acceptors (Lipinski definition) is 4. The van der Waals surface area contributed by atoms with E-state index in [1.165, 1.54) is 19.3 Å². The van der Waals surface area contributed by atoms with Gasteiger partial charge in [-0.1, -0.05) is 12.5 Å². The molecule has 4 rings (SSSR count). The maximum Gasteiger partial charge on any atom is 0.251 e. The lowest BCUT2D eigenvalue weighted by atomic mass is 9.94. The lowest BCUT2D eigenvalue weighted by molar-refractivity contribution is 0.100. The summed E-state index contributed by atoms with van der Waals surface area (Å²) >= 11 is 0. The largest absolute Gasteiger partial charge is 0.439 e. The van der Waals surface area contributed by atoms with Gasteiger partial charge in [0.1, 0.15) is 5.52 Å². The van der Waals surface area contributed by atoms with Crippen LogP contribution in [0.2, 0.25) is 0 Å². The maximum atomic E-state index is 11.5. The highest BCUT2D eigenvalue weighted by Gasteiger charge is 2.42. The summed E-state index contributed by atoms with van der Waals surface area (Å²) in [6.07, 6.45) is 3.81. The van der Waals surface area contributed by atoms with Crippen LogP contribution in [-0.2, 0) is 0 Å². The van der Waals surface area contributed by atoms with E-state index in [-0.39, 0.29) is 6.04 Å². The molecule has 1 saturated carbocycles. The predicted octanol–water partition coefficient (Wildman–Crippen LogP) is 1.99. The molecule has 2 heterocycles. The number of hydrogen-bond donors (Lipinski definition) is 2. The second-order valence-electron chi connectivity index (χ2n) is 5.81. The number of oxazole rings is 1. The molecule has 20 heavy (non-hydrogen) atoms. The Balaban J connectivity index is 1.78. The molecule has 1 amide bonds. The lowest BCUT2D eigenvalue weighted by Gasteiger charge is -2.13. The Morgan fingerprint density at radius 3 is 3.15 bits per heavy atom. The monoisotopic (exact) mass is 271 g/mol. The van der Waals surface area contributed by atoms with Crippen LogP contribution in [0.5, 0.6) is 0 Å². The second kappa shape index (κ2) is 4.31. The third kappa shape index (κ3) is 1.66. The van der Waals surface area contributed by atoms with Crippen LogP contribution in [0.4, 0.5) is 0 Å². The first-order chi connectivity index (χ1) is 9.74. The average molecular weight is 271 g/mol. The van der Waals surface area contributed by atoms with Crippen molar-refractivity contribution in [2.45, 2.75) is 25.3 Å².